The lowest BCUT2D eigenvalue weighted by atomic mass is 10.2. The quantitative estimate of drug-likeness (QED) is 0.478. The van der Waals surface area contributed by atoms with Gasteiger partial charge < -0.3 is 14.6 Å². The number of nitrogens with zero attached hydrogens (tertiary/aromatic N) is 4. The number of benzene rings is 1. The van der Waals surface area contributed by atoms with Gasteiger partial charge in [-0.25, -0.2) is 9.78 Å². The van der Waals surface area contributed by atoms with Gasteiger partial charge in [0.15, 0.2) is 5.16 Å². The number of hydrogen-bond donors (Lipinski definition) is 1. The second-order valence-electron chi connectivity index (χ2n) is 8.26. The van der Waals surface area contributed by atoms with E-state index in [-0.39, 0.29) is 6.09 Å². The van der Waals surface area contributed by atoms with E-state index in [1.165, 1.54) is 11.1 Å². The second-order valence-corrected chi connectivity index (χ2v) is 9.35. The smallest absolute Gasteiger partial charge is 0.410 e. The van der Waals surface area contributed by atoms with Gasteiger partial charge in [-0.3, -0.25) is 9.88 Å². The van der Waals surface area contributed by atoms with E-state index in [9.17, 15) is 4.79 Å². The zero-order chi connectivity index (χ0) is 22.9. The molecule has 7 nitrogen and oxygen atoms in total. The number of pyridine rings is 1. The first kappa shape index (κ1) is 23.3. The molecule has 4 rings (SSSR count). The molecule has 8 heteroatoms. The normalized spacial score (nSPS) is 14.4. The summed E-state index contributed by atoms with van der Waals surface area (Å²) in [4.78, 5) is 28.5. The van der Waals surface area contributed by atoms with Gasteiger partial charge in [0.25, 0.3) is 0 Å². The van der Waals surface area contributed by atoms with Crippen molar-refractivity contribution in [1.29, 1.82) is 0 Å². The molecule has 0 bridgehead atoms. The summed E-state index contributed by atoms with van der Waals surface area (Å²) >= 11 is 1.69. The highest BCUT2D eigenvalue weighted by molar-refractivity contribution is 7.99. The van der Waals surface area contributed by atoms with Crippen LogP contribution < -0.4 is 4.74 Å². The van der Waals surface area contributed by atoms with Crippen LogP contribution in [0.1, 0.15) is 23.2 Å². The van der Waals surface area contributed by atoms with Crippen molar-refractivity contribution in [3.05, 3.63) is 71.8 Å². The van der Waals surface area contributed by atoms with Crippen LogP contribution in [0.3, 0.4) is 0 Å². The van der Waals surface area contributed by atoms with Crippen LogP contribution in [0.25, 0.3) is 0 Å². The number of amides is 1. The summed E-state index contributed by atoms with van der Waals surface area (Å²) in [6, 6.07) is 12.0. The van der Waals surface area contributed by atoms with Crippen LogP contribution >= 0.6 is 11.8 Å². The molecule has 0 aliphatic carbocycles. The molecule has 1 fully saturated rings. The minimum Gasteiger partial charge on any atom is -0.410 e. The van der Waals surface area contributed by atoms with Crippen molar-refractivity contribution in [2.75, 3.05) is 38.5 Å². The molecule has 3 aromatic rings. The molecule has 1 saturated heterocycles. The van der Waals surface area contributed by atoms with E-state index >= 15 is 0 Å². The summed E-state index contributed by atoms with van der Waals surface area (Å²) in [5.41, 5.74) is 3.55. The molecule has 0 saturated carbocycles. The van der Waals surface area contributed by atoms with E-state index in [1.54, 1.807) is 22.9 Å². The number of carbonyl (C=O) groups excluding carboxylic acids is 1. The molecule has 1 aromatic carbocycles. The number of ether oxygens (including phenoxy) is 1. The van der Waals surface area contributed by atoms with E-state index in [4.69, 9.17) is 4.74 Å². The Hall–Kier alpha value is -2.84. The van der Waals surface area contributed by atoms with Crippen molar-refractivity contribution in [2.24, 2.45) is 0 Å². The highest BCUT2D eigenvalue weighted by Gasteiger charge is 2.22. The lowest BCUT2D eigenvalue weighted by Crippen LogP contribution is -2.49. The van der Waals surface area contributed by atoms with E-state index in [1.807, 2.05) is 36.7 Å². The minimum atomic E-state index is -0.264. The summed E-state index contributed by atoms with van der Waals surface area (Å²) in [6.07, 6.45) is 8.24. The molecule has 1 N–H and O–H groups in total. The fraction of sp³-hybridized carbons (Fsp3) is 0.400. The Morgan fingerprint density at radius 1 is 1.06 bits per heavy atom. The summed E-state index contributed by atoms with van der Waals surface area (Å²) in [6.45, 7) is 6.23. The van der Waals surface area contributed by atoms with Gasteiger partial charge in [0.2, 0.25) is 0 Å². The number of aromatic amines is 1. The maximum absolute atomic E-state index is 12.6. The first-order chi connectivity index (χ1) is 16.2. The Balaban J connectivity index is 1.13. The van der Waals surface area contributed by atoms with E-state index in [0.29, 0.717) is 18.8 Å². The molecule has 33 heavy (non-hydrogen) atoms. The number of aromatic nitrogens is 3. The van der Waals surface area contributed by atoms with Gasteiger partial charge in [-0.05, 0) is 62.1 Å². The van der Waals surface area contributed by atoms with Crippen molar-refractivity contribution in [3.63, 3.8) is 0 Å². The maximum Gasteiger partial charge on any atom is 0.415 e. The third kappa shape index (κ3) is 7.33. The fourth-order valence-electron chi connectivity index (χ4n) is 3.77. The molecule has 1 amide bonds. The van der Waals surface area contributed by atoms with Crippen LogP contribution in [0.5, 0.6) is 5.75 Å². The lowest BCUT2D eigenvalue weighted by molar-refractivity contribution is 0.110. The fourth-order valence-corrected chi connectivity index (χ4v) is 4.59. The highest BCUT2D eigenvalue weighted by atomic mass is 32.2. The van der Waals surface area contributed by atoms with Gasteiger partial charge in [0.1, 0.15) is 5.75 Å². The van der Waals surface area contributed by atoms with Crippen LogP contribution in [0.2, 0.25) is 0 Å². The van der Waals surface area contributed by atoms with Gasteiger partial charge in [0, 0.05) is 56.2 Å². The molecule has 1 aliphatic heterocycles. The van der Waals surface area contributed by atoms with Crippen LogP contribution in [0, 0.1) is 6.92 Å². The number of hydrogen-bond acceptors (Lipinski definition) is 6. The molecular weight excluding hydrogens is 434 g/mol. The van der Waals surface area contributed by atoms with Gasteiger partial charge in [-0.2, -0.15) is 0 Å². The Morgan fingerprint density at radius 2 is 1.88 bits per heavy atom. The number of thioether (sulfide) groups is 1. The van der Waals surface area contributed by atoms with Gasteiger partial charge in [0.05, 0.1) is 0 Å². The van der Waals surface area contributed by atoms with Crippen LogP contribution in [0.4, 0.5) is 4.79 Å². The largest absolute Gasteiger partial charge is 0.415 e. The number of imidazole rings is 1. The monoisotopic (exact) mass is 465 g/mol. The van der Waals surface area contributed by atoms with Gasteiger partial charge >= 0.3 is 6.09 Å². The minimum absolute atomic E-state index is 0.264. The van der Waals surface area contributed by atoms with E-state index in [2.05, 4.69) is 38.9 Å². The Morgan fingerprint density at radius 3 is 2.58 bits per heavy atom. The second kappa shape index (κ2) is 11.9. The molecule has 0 atom stereocenters. The van der Waals surface area contributed by atoms with Crippen molar-refractivity contribution in [3.8, 4) is 5.75 Å². The summed E-state index contributed by atoms with van der Waals surface area (Å²) < 4.78 is 5.60. The lowest BCUT2D eigenvalue weighted by Gasteiger charge is -2.34. The van der Waals surface area contributed by atoms with E-state index in [0.717, 1.165) is 55.5 Å². The Bertz CT molecular complexity index is 985. The third-order valence-corrected chi connectivity index (χ3v) is 6.65. The number of piperazine rings is 1. The maximum atomic E-state index is 12.6. The highest BCUT2D eigenvalue weighted by Crippen LogP contribution is 2.18. The average molecular weight is 466 g/mol. The predicted octanol–water partition coefficient (Wildman–Crippen LogP) is 4.20. The number of carbonyl (C=O) groups is 1. The number of rotatable bonds is 9. The number of aryl methyl sites for hydroxylation is 3. The molecule has 174 valence electrons. The summed E-state index contributed by atoms with van der Waals surface area (Å²) in [5.74, 6) is 1.54. The molecule has 0 unspecified atom stereocenters. The predicted molar refractivity (Wildman–Crippen MR) is 131 cm³/mol. The molecule has 1 aliphatic rings. The van der Waals surface area contributed by atoms with Crippen molar-refractivity contribution in [2.45, 2.75) is 31.3 Å². The van der Waals surface area contributed by atoms with Crippen LogP contribution in [-0.4, -0.2) is 69.3 Å². The number of H-pyrrole nitrogens is 1. The topological polar surface area (TPSA) is 74.3 Å². The van der Waals surface area contributed by atoms with Crippen LogP contribution in [-0.2, 0) is 12.8 Å². The summed E-state index contributed by atoms with van der Waals surface area (Å²) in [5, 5.41) is 0.934. The SMILES string of the molecule is Cc1ccc(CCCN2CCN(C(=O)Oc3ccc(CCSc4ncc[nH]4)cc3)CC2)nc1. The Labute approximate surface area is 199 Å². The molecule has 2 aromatic heterocycles. The standard InChI is InChI=1S/C25H31N5O2S/c1-20-4-7-22(28-19-20)3-2-13-29-14-16-30(17-15-29)25(31)32-23-8-5-21(6-9-23)10-18-33-24-26-11-12-27-24/h4-9,11-12,19H,2-3,10,13-18H2,1H3,(H,26,27). The third-order valence-electron chi connectivity index (χ3n) is 5.74. The molecule has 0 radical (unpaired) electrons. The first-order valence-corrected chi connectivity index (χ1v) is 12.5. The zero-order valence-corrected chi connectivity index (χ0v) is 19.9. The van der Waals surface area contributed by atoms with Gasteiger partial charge in [-0.1, -0.05) is 30.0 Å². The average Bonchev–Trinajstić information content (AvgIpc) is 3.35. The van der Waals surface area contributed by atoms with E-state index < -0.39 is 0 Å². The van der Waals surface area contributed by atoms with Crippen molar-refractivity contribution >= 4 is 17.9 Å². The van der Waals surface area contributed by atoms with Crippen molar-refractivity contribution < 1.29 is 9.53 Å². The molecule has 0 spiro atoms. The Kier molecular flexibility index (Phi) is 8.38. The molecular formula is C25H31N5O2S. The van der Waals surface area contributed by atoms with Crippen LogP contribution in [0.15, 0.2) is 60.1 Å². The molecule has 3 heterocycles. The van der Waals surface area contributed by atoms with Crippen molar-refractivity contribution in [1.82, 2.24) is 24.8 Å². The number of nitrogens with one attached hydrogen (secondary N) is 1. The summed E-state index contributed by atoms with van der Waals surface area (Å²) in [7, 11) is 0. The zero-order valence-electron chi connectivity index (χ0n) is 19.1. The van der Waals surface area contributed by atoms with Gasteiger partial charge in [-0.15, -0.1) is 0 Å². The first-order valence-electron chi connectivity index (χ1n) is 11.5.